The minimum Gasteiger partial charge on any atom is -0.337 e. The molecule has 0 aromatic heterocycles. The van der Waals surface area contributed by atoms with Gasteiger partial charge < -0.3 is 4.90 Å². The van der Waals surface area contributed by atoms with Gasteiger partial charge in [-0.15, -0.1) is 0 Å². The number of hydrogen-bond donors (Lipinski definition) is 0. The van der Waals surface area contributed by atoms with E-state index in [1.807, 2.05) is 0 Å². The lowest BCUT2D eigenvalue weighted by molar-refractivity contribution is -0.384. The molecular formula is C13H15N3O5S. The van der Waals surface area contributed by atoms with Crippen molar-refractivity contribution in [3.05, 3.63) is 34.4 Å². The fraction of sp³-hybridized carbons (Fsp3) is 0.462. The quantitative estimate of drug-likeness (QED) is 0.598. The lowest BCUT2D eigenvalue weighted by Crippen LogP contribution is -2.53. The van der Waals surface area contributed by atoms with Crippen LogP contribution in [0.4, 0.5) is 5.69 Å². The van der Waals surface area contributed by atoms with Crippen LogP contribution < -0.4 is 0 Å². The van der Waals surface area contributed by atoms with Crippen molar-refractivity contribution < 1.29 is 18.1 Å². The Balaban J connectivity index is 1.81. The van der Waals surface area contributed by atoms with Crippen molar-refractivity contribution in [2.24, 2.45) is 0 Å². The van der Waals surface area contributed by atoms with Crippen LogP contribution in [-0.4, -0.2) is 54.1 Å². The first-order valence-corrected chi connectivity index (χ1v) is 8.37. The van der Waals surface area contributed by atoms with E-state index >= 15 is 0 Å². The van der Waals surface area contributed by atoms with Gasteiger partial charge in [0, 0.05) is 44.2 Å². The molecule has 0 spiro atoms. The molecule has 0 saturated carbocycles. The van der Waals surface area contributed by atoms with Gasteiger partial charge in [-0.2, -0.15) is 4.31 Å². The topological polar surface area (TPSA) is 101 Å². The van der Waals surface area contributed by atoms with E-state index in [2.05, 4.69) is 0 Å². The van der Waals surface area contributed by atoms with E-state index in [1.165, 1.54) is 28.6 Å². The standard InChI is InChI=1S/C13H15N3O5S/c17-13-6-3-11-9-14(7-8-15(11)13)22(20,21)12-4-1-10(2-5-12)16(18)19/h1-2,4-5,11H,3,6-9H2. The third kappa shape index (κ3) is 2.46. The van der Waals surface area contributed by atoms with E-state index in [-0.39, 0.29) is 35.6 Å². The number of carbonyl (C=O) groups excluding carboxylic acids is 1. The first-order valence-electron chi connectivity index (χ1n) is 6.93. The Hall–Kier alpha value is -2.00. The van der Waals surface area contributed by atoms with Crippen molar-refractivity contribution in [3.8, 4) is 0 Å². The van der Waals surface area contributed by atoms with Gasteiger partial charge in [0.1, 0.15) is 0 Å². The lowest BCUT2D eigenvalue weighted by Gasteiger charge is -2.36. The monoisotopic (exact) mass is 325 g/mol. The zero-order valence-corrected chi connectivity index (χ0v) is 12.5. The van der Waals surface area contributed by atoms with Gasteiger partial charge in [0.05, 0.1) is 9.82 Å². The summed E-state index contributed by atoms with van der Waals surface area (Å²) in [5.74, 6) is 0.0809. The zero-order chi connectivity index (χ0) is 15.9. The first kappa shape index (κ1) is 14.9. The molecule has 1 atom stereocenters. The Morgan fingerprint density at radius 1 is 1.18 bits per heavy atom. The van der Waals surface area contributed by atoms with Crippen LogP contribution >= 0.6 is 0 Å². The number of sulfonamides is 1. The van der Waals surface area contributed by atoms with Crippen LogP contribution in [0.1, 0.15) is 12.8 Å². The summed E-state index contributed by atoms with van der Waals surface area (Å²) in [6.07, 6.45) is 1.14. The molecule has 8 nitrogen and oxygen atoms in total. The lowest BCUT2D eigenvalue weighted by atomic mass is 10.2. The molecule has 1 amide bonds. The maximum Gasteiger partial charge on any atom is 0.269 e. The number of nitro groups is 1. The summed E-state index contributed by atoms with van der Waals surface area (Å²) in [4.78, 5) is 23.5. The molecule has 2 fully saturated rings. The van der Waals surface area contributed by atoms with E-state index in [1.54, 1.807) is 4.90 Å². The summed E-state index contributed by atoms with van der Waals surface area (Å²) < 4.78 is 26.5. The number of rotatable bonds is 3. The predicted molar refractivity (Wildman–Crippen MR) is 76.6 cm³/mol. The number of fused-ring (bicyclic) bond motifs is 1. The average Bonchev–Trinajstić information content (AvgIpc) is 2.88. The summed E-state index contributed by atoms with van der Waals surface area (Å²) >= 11 is 0. The van der Waals surface area contributed by atoms with E-state index in [0.717, 1.165) is 0 Å². The molecular weight excluding hydrogens is 310 g/mol. The van der Waals surface area contributed by atoms with Gasteiger partial charge >= 0.3 is 0 Å². The predicted octanol–water partition coefficient (Wildman–Crippen LogP) is 0.590. The molecule has 9 heteroatoms. The van der Waals surface area contributed by atoms with Gasteiger partial charge in [-0.1, -0.05) is 0 Å². The summed E-state index contributed by atoms with van der Waals surface area (Å²) in [5.41, 5.74) is -0.148. The average molecular weight is 325 g/mol. The van der Waals surface area contributed by atoms with Crippen LogP contribution in [-0.2, 0) is 14.8 Å². The van der Waals surface area contributed by atoms with Crippen molar-refractivity contribution in [1.29, 1.82) is 0 Å². The number of hydrogen-bond acceptors (Lipinski definition) is 5. The number of benzene rings is 1. The number of amides is 1. The van der Waals surface area contributed by atoms with E-state index in [4.69, 9.17) is 0 Å². The zero-order valence-electron chi connectivity index (χ0n) is 11.7. The highest BCUT2D eigenvalue weighted by Gasteiger charge is 2.39. The van der Waals surface area contributed by atoms with Crippen molar-refractivity contribution in [3.63, 3.8) is 0 Å². The Morgan fingerprint density at radius 2 is 1.86 bits per heavy atom. The molecule has 3 rings (SSSR count). The fourth-order valence-electron chi connectivity index (χ4n) is 2.94. The van der Waals surface area contributed by atoms with Crippen LogP contribution in [0.2, 0.25) is 0 Å². The largest absolute Gasteiger partial charge is 0.337 e. The third-order valence-electron chi connectivity index (χ3n) is 4.14. The second kappa shape index (κ2) is 5.33. The molecule has 1 aromatic rings. The molecule has 1 aromatic carbocycles. The number of piperazine rings is 1. The number of nitrogens with zero attached hydrogens (tertiary/aromatic N) is 3. The highest BCUT2D eigenvalue weighted by molar-refractivity contribution is 7.89. The van der Waals surface area contributed by atoms with Crippen molar-refractivity contribution in [1.82, 2.24) is 9.21 Å². The summed E-state index contributed by atoms with van der Waals surface area (Å²) in [5, 5.41) is 10.6. The van der Waals surface area contributed by atoms with Crippen molar-refractivity contribution in [2.75, 3.05) is 19.6 Å². The number of nitro benzene ring substituents is 1. The van der Waals surface area contributed by atoms with Crippen molar-refractivity contribution >= 4 is 21.6 Å². The Kier molecular flexibility index (Phi) is 3.61. The fourth-order valence-corrected chi connectivity index (χ4v) is 4.41. The maximum atomic E-state index is 12.6. The molecule has 0 N–H and O–H groups in total. The van der Waals surface area contributed by atoms with Crippen LogP contribution in [0.3, 0.4) is 0 Å². The molecule has 2 aliphatic rings. The molecule has 0 bridgehead atoms. The van der Waals surface area contributed by atoms with Crippen LogP contribution in [0.25, 0.3) is 0 Å². The Labute approximate surface area is 127 Å². The molecule has 0 radical (unpaired) electrons. The SMILES string of the molecule is O=C1CCC2CN(S(=O)(=O)c3ccc([N+](=O)[O-])cc3)CCN12. The molecule has 118 valence electrons. The second-order valence-corrected chi connectivity index (χ2v) is 7.33. The maximum absolute atomic E-state index is 12.6. The van der Waals surface area contributed by atoms with Gasteiger partial charge in [0.25, 0.3) is 5.69 Å². The summed E-state index contributed by atoms with van der Waals surface area (Å²) in [6.45, 7) is 0.933. The van der Waals surface area contributed by atoms with E-state index in [9.17, 15) is 23.3 Å². The normalized spacial score (nSPS) is 22.6. The number of non-ortho nitro benzene ring substituents is 1. The third-order valence-corrected chi connectivity index (χ3v) is 6.02. The van der Waals surface area contributed by atoms with Gasteiger partial charge in [-0.25, -0.2) is 8.42 Å². The van der Waals surface area contributed by atoms with E-state index < -0.39 is 14.9 Å². The van der Waals surface area contributed by atoms with Crippen LogP contribution in [0.5, 0.6) is 0 Å². The molecule has 0 aliphatic carbocycles. The molecule has 2 saturated heterocycles. The Morgan fingerprint density at radius 3 is 2.50 bits per heavy atom. The molecule has 2 heterocycles. The second-order valence-electron chi connectivity index (χ2n) is 5.39. The first-order chi connectivity index (χ1) is 10.4. The minimum atomic E-state index is -3.69. The summed E-state index contributed by atoms with van der Waals surface area (Å²) in [7, 11) is -3.69. The van der Waals surface area contributed by atoms with Gasteiger partial charge in [-0.3, -0.25) is 14.9 Å². The minimum absolute atomic E-state index is 0.0378. The van der Waals surface area contributed by atoms with Crippen molar-refractivity contribution in [2.45, 2.75) is 23.8 Å². The highest BCUT2D eigenvalue weighted by atomic mass is 32.2. The van der Waals surface area contributed by atoms with Gasteiger partial charge in [0.2, 0.25) is 15.9 Å². The van der Waals surface area contributed by atoms with Gasteiger partial charge in [-0.05, 0) is 18.6 Å². The Bertz CT molecular complexity index is 716. The molecule has 1 unspecified atom stereocenters. The highest BCUT2D eigenvalue weighted by Crippen LogP contribution is 2.27. The number of carbonyl (C=O) groups is 1. The van der Waals surface area contributed by atoms with E-state index in [0.29, 0.717) is 19.4 Å². The summed E-state index contributed by atoms with van der Waals surface area (Å²) in [6, 6.07) is 4.80. The smallest absolute Gasteiger partial charge is 0.269 e. The van der Waals surface area contributed by atoms with Crippen LogP contribution in [0, 0.1) is 10.1 Å². The van der Waals surface area contributed by atoms with Gasteiger partial charge in [0.15, 0.2) is 0 Å². The van der Waals surface area contributed by atoms with Crippen LogP contribution in [0.15, 0.2) is 29.2 Å². The molecule has 2 aliphatic heterocycles. The molecule has 22 heavy (non-hydrogen) atoms.